The maximum Gasteiger partial charge on any atom is 0.272 e. The molecule has 2 unspecified atom stereocenters. The number of Topliss-reactive ketones (excluding diaryl/α,β-unsaturated/α-hetero) is 1. The van der Waals surface area contributed by atoms with Crippen molar-refractivity contribution in [3.05, 3.63) is 64.6 Å². The normalized spacial score (nSPS) is 23.2. The molecule has 5 rings (SSSR count). The van der Waals surface area contributed by atoms with Gasteiger partial charge in [0.15, 0.2) is 0 Å². The highest BCUT2D eigenvalue weighted by molar-refractivity contribution is 6.31. The van der Waals surface area contributed by atoms with Crippen molar-refractivity contribution in [2.75, 3.05) is 5.32 Å². The molecule has 4 nitrogen and oxygen atoms in total. The second-order valence-electron chi connectivity index (χ2n) is 8.56. The van der Waals surface area contributed by atoms with Crippen molar-refractivity contribution in [2.45, 2.75) is 31.6 Å². The minimum absolute atomic E-state index is 0.0293. The monoisotopic (exact) mass is 424 g/mol. The van der Waals surface area contributed by atoms with Gasteiger partial charge in [0, 0.05) is 36.5 Å². The highest BCUT2D eigenvalue weighted by atomic mass is 35.5. The Hall–Kier alpha value is -2.66. The zero-order chi connectivity index (χ0) is 21.0. The van der Waals surface area contributed by atoms with Crippen LogP contribution in [-0.2, 0) is 11.8 Å². The molecule has 1 heterocycles. The van der Waals surface area contributed by atoms with Crippen LogP contribution in [0.1, 0.15) is 47.7 Å². The topological polar surface area (TPSA) is 51.1 Å². The second-order valence-corrected chi connectivity index (χ2v) is 8.96. The third-order valence-electron chi connectivity index (χ3n) is 6.77. The van der Waals surface area contributed by atoms with Crippen molar-refractivity contribution in [1.29, 1.82) is 0 Å². The van der Waals surface area contributed by atoms with Crippen LogP contribution >= 0.6 is 11.6 Å². The lowest BCUT2D eigenvalue weighted by Gasteiger charge is -2.15. The molecule has 6 heteroatoms. The number of hydrogen-bond donors (Lipinski definition) is 1. The van der Waals surface area contributed by atoms with Crippen LogP contribution in [-0.4, -0.2) is 16.3 Å². The summed E-state index contributed by atoms with van der Waals surface area (Å²) in [5.41, 5.74) is 3.13. The van der Waals surface area contributed by atoms with Gasteiger partial charge in [-0.2, -0.15) is 0 Å². The van der Waals surface area contributed by atoms with E-state index >= 15 is 0 Å². The minimum atomic E-state index is -0.521. The smallest absolute Gasteiger partial charge is 0.272 e. The van der Waals surface area contributed by atoms with Gasteiger partial charge in [-0.15, -0.1) is 0 Å². The summed E-state index contributed by atoms with van der Waals surface area (Å²) in [5.74, 6) is 0.706. The summed E-state index contributed by atoms with van der Waals surface area (Å²) >= 11 is 5.88. The molecule has 2 aliphatic carbocycles. The molecule has 2 aliphatic rings. The average molecular weight is 425 g/mol. The van der Waals surface area contributed by atoms with E-state index in [1.165, 1.54) is 18.2 Å². The first kappa shape index (κ1) is 19.3. The summed E-state index contributed by atoms with van der Waals surface area (Å²) < 4.78 is 15.4. The number of para-hydroxylation sites is 1. The highest BCUT2D eigenvalue weighted by Gasteiger charge is 2.43. The molecule has 0 bridgehead atoms. The van der Waals surface area contributed by atoms with Crippen LogP contribution in [0.15, 0.2) is 42.5 Å². The van der Waals surface area contributed by atoms with Gasteiger partial charge in [-0.1, -0.05) is 29.8 Å². The third kappa shape index (κ3) is 3.12. The van der Waals surface area contributed by atoms with Crippen molar-refractivity contribution < 1.29 is 14.0 Å². The van der Waals surface area contributed by atoms with Gasteiger partial charge in [0.25, 0.3) is 5.91 Å². The van der Waals surface area contributed by atoms with Crippen molar-refractivity contribution in [1.82, 2.24) is 4.57 Å². The highest BCUT2D eigenvalue weighted by Crippen LogP contribution is 2.51. The molecule has 2 aromatic carbocycles. The van der Waals surface area contributed by atoms with Crippen molar-refractivity contribution >= 4 is 39.9 Å². The summed E-state index contributed by atoms with van der Waals surface area (Å²) in [4.78, 5) is 25.2. The number of carbonyl (C=O) groups is 2. The summed E-state index contributed by atoms with van der Waals surface area (Å²) in [7, 11) is 1.90. The van der Waals surface area contributed by atoms with Crippen LogP contribution < -0.4 is 5.32 Å². The van der Waals surface area contributed by atoms with Gasteiger partial charge in [0.05, 0.1) is 5.02 Å². The van der Waals surface area contributed by atoms with Crippen LogP contribution in [0.2, 0.25) is 5.02 Å². The molecule has 1 amide bonds. The summed E-state index contributed by atoms with van der Waals surface area (Å²) in [5, 5.41) is 3.94. The number of benzene rings is 2. The van der Waals surface area contributed by atoms with Gasteiger partial charge < -0.3 is 9.88 Å². The summed E-state index contributed by atoms with van der Waals surface area (Å²) in [6.07, 6.45) is 3.21. The van der Waals surface area contributed by atoms with E-state index in [1.54, 1.807) is 0 Å². The average Bonchev–Trinajstić information content (AvgIpc) is 3.34. The van der Waals surface area contributed by atoms with Crippen LogP contribution in [0.25, 0.3) is 10.9 Å². The number of amides is 1. The Kier molecular flexibility index (Phi) is 4.66. The van der Waals surface area contributed by atoms with Crippen molar-refractivity contribution in [3.8, 4) is 0 Å². The first-order valence-corrected chi connectivity index (χ1v) is 10.7. The van der Waals surface area contributed by atoms with Crippen molar-refractivity contribution in [2.24, 2.45) is 18.9 Å². The van der Waals surface area contributed by atoms with E-state index < -0.39 is 5.82 Å². The Morgan fingerprint density at radius 1 is 1.13 bits per heavy atom. The fourth-order valence-corrected chi connectivity index (χ4v) is 5.67. The fraction of sp³-hybridized carbons (Fsp3) is 0.333. The van der Waals surface area contributed by atoms with E-state index in [9.17, 15) is 14.0 Å². The molecule has 2 saturated carbocycles. The van der Waals surface area contributed by atoms with E-state index in [0.717, 1.165) is 29.3 Å². The number of rotatable bonds is 3. The zero-order valence-electron chi connectivity index (χ0n) is 16.6. The molecular weight excluding hydrogens is 403 g/mol. The van der Waals surface area contributed by atoms with Gasteiger partial charge in [-0.25, -0.2) is 4.39 Å². The van der Waals surface area contributed by atoms with Gasteiger partial charge >= 0.3 is 0 Å². The number of nitrogens with one attached hydrogen (secondary N) is 1. The molecule has 30 heavy (non-hydrogen) atoms. The summed E-state index contributed by atoms with van der Waals surface area (Å²) in [6.45, 7) is 0. The van der Waals surface area contributed by atoms with E-state index in [1.807, 2.05) is 29.8 Å². The second kappa shape index (κ2) is 7.24. The number of carbonyl (C=O) groups excluding carboxylic acids is 2. The van der Waals surface area contributed by atoms with Gasteiger partial charge in [0.1, 0.15) is 17.3 Å². The summed E-state index contributed by atoms with van der Waals surface area (Å²) in [6, 6.07) is 12.2. The molecule has 3 aromatic rings. The predicted octanol–water partition coefficient (Wildman–Crippen LogP) is 5.70. The molecule has 1 aromatic heterocycles. The van der Waals surface area contributed by atoms with Gasteiger partial charge in [-0.3, -0.25) is 9.59 Å². The Labute approximate surface area is 179 Å². The Morgan fingerprint density at radius 2 is 1.83 bits per heavy atom. The number of anilines is 1. The first-order chi connectivity index (χ1) is 14.4. The van der Waals surface area contributed by atoms with Crippen LogP contribution in [0.4, 0.5) is 10.1 Å². The number of ketones is 1. The van der Waals surface area contributed by atoms with Crippen molar-refractivity contribution in [3.63, 3.8) is 0 Å². The Bertz CT molecular complexity index is 1170. The predicted molar refractivity (Wildman–Crippen MR) is 115 cm³/mol. The van der Waals surface area contributed by atoms with Gasteiger partial charge in [0.2, 0.25) is 0 Å². The fourth-order valence-electron chi connectivity index (χ4n) is 5.49. The maximum absolute atomic E-state index is 13.5. The molecule has 0 radical (unpaired) electrons. The molecular formula is C24H22ClFN2O2. The molecule has 2 fully saturated rings. The molecule has 154 valence electrons. The minimum Gasteiger partial charge on any atom is -0.339 e. The van der Waals surface area contributed by atoms with Crippen LogP contribution in [0, 0.1) is 17.7 Å². The lowest BCUT2D eigenvalue weighted by Crippen LogP contribution is -2.18. The van der Waals surface area contributed by atoms with Crippen LogP contribution in [0.3, 0.4) is 0 Å². The zero-order valence-corrected chi connectivity index (χ0v) is 17.4. The number of nitrogens with zero attached hydrogens (tertiary/aromatic N) is 1. The number of hydrogen-bond acceptors (Lipinski definition) is 2. The first-order valence-electron chi connectivity index (χ1n) is 10.3. The third-order valence-corrected chi connectivity index (χ3v) is 7.06. The van der Waals surface area contributed by atoms with E-state index in [4.69, 9.17) is 11.6 Å². The Morgan fingerprint density at radius 3 is 2.53 bits per heavy atom. The molecule has 2 atom stereocenters. The van der Waals surface area contributed by atoms with E-state index in [-0.39, 0.29) is 16.8 Å². The molecule has 0 spiro atoms. The molecule has 0 aliphatic heterocycles. The number of fused-ring (bicyclic) bond motifs is 2. The quantitative estimate of drug-likeness (QED) is 0.586. The number of halogens is 2. The van der Waals surface area contributed by atoms with Gasteiger partial charge in [-0.05, 0) is 60.4 Å². The maximum atomic E-state index is 13.5. The lowest BCUT2D eigenvalue weighted by atomic mass is 9.91. The standard InChI is InChI=1S/C24H22ClFN2O2/c1-28-21-5-3-2-4-18(21)22(15-8-13-10-17(29)11-14(13)9-15)23(28)24(30)27-16-6-7-20(26)19(25)12-16/h2-7,12-15H,8-11H2,1H3,(H,27,30). The Balaban J connectivity index is 1.55. The lowest BCUT2D eigenvalue weighted by molar-refractivity contribution is -0.117. The van der Waals surface area contributed by atoms with E-state index in [0.29, 0.717) is 41.8 Å². The van der Waals surface area contributed by atoms with E-state index in [2.05, 4.69) is 11.4 Å². The number of aryl methyl sites for hydroxylation is 1. The van der Waals surface area contributed by atoms with Crippen LogP contribution in [0.5, 0.6) is 0 Å². The molecule has 0 saturated heterocycles. The number of aromatic nitrogens is 1. The largest absolute Gasteiger partial charge is 0.339 e. The molecule has 1 N–H and O–H groups in total. The SMILES string of the molecule is Cn1c(C(=O)Nc2ccc(F)c(Cl)c2)c(C2CC3CC(=O)CC3C2)c2ccccc21.